The molecule has 0 radical (unpaired) electrons. The monoisotopic (exact) mass is 430 g/mol. The Bertz CT molecular complexity index is 1010. The first-order valence-corrected chi connectivity index (χ1v) is 9.33. The molecule has 2 N–H and O–H groups in total. The number of imide groups is 2. The van der Waals surface area contributed by atoms with Gasteiger partial charge >= 0.3 is 6.03 Å². The minimum atomic E-state index is -0.866. The number of rotatable bonds is 7. The van der Waals surface area contributed by atoms with Crippen LogP contribution in [0.15, 0.2) is 42.0 Å². The van der Waals surface area contributed by atoms with Gasteiger partial charge in [0.15, 0.2) is 11.5 Å². The smallest absolute Gasteiger partial charge is 0.328 e. The van der Waals surface area contributed by atoms with Gasteiger partial charge in [-0.25, -0.2) is 4.79 Å². The summed E-state index contributed by atoms with van der Waals surface area (Å²) in [6.45, 7) is 2.49. The van der Waals surface area contributed by atoms with Gasteiger partial charge in [0.25, 0.3) is 11.8 Å². The standard InChI is InChI=1S/C21H19ClN2O6/c1-12-4-3-5-14(8-12)29-6-7-30-18-16(22)10-13(11-17(18)28-2)9-15-19(25)23-21(27)24-20(15)26/h3-5,8-11H,6-7H2,1-2H3,(H2,23,24,25,26,27). The number of carbonyl (C=O) groups excluding carboxylic acids is 3. The number of hydrogen-bond acceptors (Lipinski definition) is 6. The van der Waals surface area contributed by atoms with Crippen LogP contribution in [0.5, 0.6) is 17.2 Å². The van der Waals surface area contributed by atoms with Crippen molar-refractivity contribution in [2.24, 2.45) is 0 Å². The molecule has 9 heteroatoms. The van der Waals surface area contributed by atoms with E-state index >= 15 is 0 Å². The third-order valence-corrected chi connectivity index (χ3v) is 4.37. The number of amides is 4. The van der Waals surface area contributed by atoms with E-state index in [-0.39, 0.29) is 17.2 Å². The van der Waals surface area contributed by atoms with E-state index in [0.717, 1.165) is 11.3 Å². The second-order valence-corrected chi connectivity index (χ2v) is 6.75. The van der Waals surface area contributed by atoms with Gasteiger partial charge in [0.2, 0.25) is 0 Å². The van der Waals surface area contributed by atoms with E-state index in [1.807, 2.05) is 41.8 Å². The Labute approximate surface area is 177 Å². The molecule has 0 atom stereocenters. The van der Waals surface area contributed by atoms with Crippen LogP contribution in [0, 0.1) is 6.92 Å². The highest BCUT2D eigenvalue weighted by Crippen LogP contribution is 2.37. The number of halogens is 1. The van der Waals surface area contributed by atoms with Crippen molar-refractivity contribution in [3.8, 4) is 17.2 Å². The van der Waals surface area contributed by atoms with Crippen molar-refractivity contribution in [3.05, 3.63) is 58.1 Å². The van der Waals surface area contributed by atoms with Crippen LogP contribution in [0.3, 0.4) is 0 Å². The molecular formula is C21H19ClN2O6. The number of hydrogen-bond donors (Lipinski definition) is 2. The zero-order valence-corrected chi connectivity index (χ0v) is 17.0. The van der Waals surface area contributed by atoms with Crippen molar-refractivity contribution < 1.29 is 28.6 Å². The van der Waals surface area contributed by atoms with Crippen LogP contribution in [0.25, 0.3) is 6.08 Å². The fraction of sp³-hybridized carbons (Fsp3) is 0.190. The molecule has 8 nitrogen and oxygen atoms in total. The van der Waals surface area contributed by atoms with Gasteiger partial charge in [-0.15, -0.1) is 0 Å². The molecule has 0 saturated carbocycles. The van der Waals surface area contributed by atoms with Crippen LogP contribution in [0.4, 0.5) is 4.79 Å². The molecular weight excluding hydrogens is 412 g/mol. The van der Waals surface area contributed by atoms with Crippen molar-refractivity contribution in [1.29, 1.82) is 0 Å². The molecule has 1 heterocycles. The molecule has 0 aromatic heterocycles. The van der Waals surface area contributed by atoms with Gasteiger partial charge in [-0.05, 0) is 48.4 Å². The summed E-state index contributed by atoms with van der Waals surface area (Å²) < 4.78 is 16.7. The Balaban J connectivity index is 1.71. The molecule has 1 aliphatic heterocycles. The highest BCUT2D eigenvalue weighted by molar-refractivity contribution is 6.33. The number of carbonyl (C=O) groups is 3. The van der Waals surface area contributed by atoms with Crippen molar-refractivity contribution in [2.45, 2.75) is 6.92 Å². The molecule has 2 aromatic carbocycles. The van der Waals surface area contributed by atoms with Crippen LogP contribution in [-0.2, 0) is 9.59 Å². The van der Waals surface area contributed by atoms with Crippen LogP contribution in [0.2, 0.25) is 5.02 Å². The fourth-order valence-electron chi connectivity index (χ4n) is 2.74. The average Bonchev–Trinajstić information content (AvgIpc) is 2.69. The highest BCUT2D eigenvalue weighted by Gasteiger charge is 2.27. The molecule has 0 unspecified atom stereocenters. The number of nitrogens with one attached hydrogen (secondary N) is 2. The molecule has 1 aliphatic rings. The van der Waals surface area contributed by atoms with Gasteiger partial charge in [0.1, 0.15) is 24.5 Å². The topological polar surface area (TPSA) is 103 Å². The van der Waals surface area contributed by atoms with Crippen molar-refractivity contribution in [2.75, 3.05) is 20.3 Å². The maximum absolute atomic E-state index is 11.9. The molecule has 156 valence electrons. The summed E-state index contributed by atoms with van der Waals surface area (Å²) in [4.78, 5) is 34.9. The van der Waals surface area contributed by atoms with Crippen molar-refractivity contribution in [3.63, 3.8) is 0 Å². The number of barbiturate groups is 1. The SMILES string of the molecule is COc1cc(C=C2C(=O)NC(=O)NC2=O)cc(Cl)c1OCCOc1cccc(C)c1. The quantitative estimate of drug-likeness (QED) is 0.398. The van der Waals surface area contributed by atoms with Crippen molar-refractivity contribution in [1.82, 2.24) is 10.6 Å². The Morgan fingerprint density at radius 2 is 1.70 bits per heavy atom. The van der Waals surface area contributed by atoms with Gasteiger partial charge in [-0.1, -0.05) is 23.7 Å². The molecule has 2 aromatic rings. The maximum atomic E-state index is 11.9. The summed E-state index contributed by atoms with van der Waals surface area (Å²) in [6, 6.07) is 9.87. The number of ether oxygens (including phenoxy) is 3. The van der Waals surface area contributed by atoms with Gasteiger partial charge in [-0.3, -0.25) is 20.2 Å². The Kier molecular flexibility index (Phi) is 6.58. The molecule has 1 fully saturated rings. The molecule has 0 aliphatic carbocycles. The number of benzene rings is 2. The Hall–Kier alpha value is -3.52. The van der Waals surface area contributed by atoms with E-state index in [1.165, 1.54) is 19.3 Å². The summed E-state index contributed by atoms with van der Waals surface area (Å²) >= 11 is 6.31. The summed E-state index contributed by atoms with van der Waals surface area (Å²) in [5.41, 5.74) is 1.29. The van der Waals surface area contributed by atoms with E-state index < -0.39 is 17.8 Å². The fourth-order valence-corrected chi connectivity index (χ4v) is 3.02. The zero-order chi connectivity index (χ0) is 21.7. The first-order chi connectivity index (χ1) is 14.4. The molecule has 30 heavy (non-hydrogen) atoms. The predicted octanol–water partition coefficient (Wildman–Crippen LogP) is 2.86. The maximum Gasteiger partial charge on any atom is 0.328 e. The van der Waals surface area contributed by atoms with Crippen LogP contribution >= 0.6 is 11.6 Å². The number of methoxy groups -OCH3 is 1. The Morgan fingerprint density at radius 1 is 1.00 bits per heavy atom. The summed E-state index contributed by atoms with van der Waals surface area (Å²) in [5.74, 6) is -0.236. The second-order valence-electron chi connectivity index (χ2n) is 6.34. The van der Waals surface area contributed by atoms with E-state index in [4.69, 9.17) is 25.8 Å². The first kappa shape index (κ1) is 21.2. The van der Waals surface area contributed by atoms with Crippen LogP contribution < -0.4 is 24.8 Å². The third-order valence-electron chi connectivity index (χ3n) is 4.09. The van der Waals surface area contributed by atoms with E-state index in [2.05, 4.69) is 0 Å². The molecule has 4 amide bonds. The minimum absolute atomic E-state index is 0.220. The largest absolute Gasteiger partial charge is 0.493 e. The lowest BCUT2D eigenvalue weighted by atomic mass is 10.1. The zero-order valence-electron chi connectivity index (χ0n) is 16.3. The second kappa shape index (κ2) is 9.32. The lowest BCUT2D eigenvalue weighted by molar-refractivity contribution is -0.123. The number of urea groups is 1. The van der Waals surface area contributed by atoms with Crippen LogP contribution in [-0.4, -0.2) is 38.2 Å². The first-order valence-electron chi connectivity index (χ1n) is 8.95. The molecule has 1 saturated heterocycles. The summed E-state index contributed by atoms with van der Waals surface area (Å²) in [6.07, 6.45) is 1.30. The van der Waals surface area contributed by atoms with Gasteiger partial charge < -0.3 is 14.2 Å². The lowest BCUT2D eigenvalue weighted by Crippen LogP contribution is -2.51. The summed E-state index contributed by atoms with van der Waals surface area (Å²) in [7, 11) is 1.44. The normalized spacial score (nSPS) is 13.4. The molecule has 0 bridgehead atoms. The van der Waals surface area contributed by atoms with Gasteiger partial charge in [0.05, 0.1) is 12.1 Å². The highest BCUT2D eigenvalue weighted by atomic mass is 35.5. The van der Waals surface area contributed by atoms with Crippen molar-refractivity contribution >= 4 is 35.5 Å². The minimum Gasteiger partial charge on any atom is -0.493 e. The molecule has 0 spiro atoms. The Morgan fingerprint density at radius 3 is 2.37 bits per heavy atom. The van der Waals surface area contributed by atoms with Gasteiger partial charge in [0, 0.05) is 0 Å². The van der Waals surface area contributed by atoms with Crippen LogP contribution in [0.1, 0.15) is 11.1 Å². The van der Waals surface area contributed by atoms with E-state index in [1.54, 1.807) is 6.07 Å². The average molecular weight is 431 g/mol. The lowest BCUT2D eigenvalue weighted by Gasteiger charge is -2.16. The van der Waals surface area contributed by atoms with E-state index in [0.29, 0.717) is 23.7 Å². The molecule has 3 rings (SSSR count). The van der Waals surface area contributed by atoms with Gasteiger partial charge in [-0.2, -0.15) is 0 Å². The predicted molar refractivity (Wildman–Crippen MR) is 110 cm³/mol. The summed E-state index contributed by atoms with van der Waals surface area (Å²) in [5, 5.41) is 4.24. The number of aryl methyl sites for hydroxylation is 1. The van der Waals surface area contributed by atoms with E-state index in [9.17, 15) is 14.4 Å². The third kappa shape index (κ3) is 5.09.